The van der Waals surface area contributed by atoms with Crippen molar-refractivity contribution in [3.63, 3.8) is 0 Å². The van der Waals surface area contributed by atoms with Gasteiger partial charge in [0.05, 0.1) is 5.41 Å². The van der Waals surface area contributed by atoms with Crippen LogP contribution in [0.15, 0.2) is 11.6 Å². The maximum atomic E-state index is 12.9. The van der Waals surface area contributed by atoms with Crippen LogP contribution >= 0.6 is 0 Å². The Morgan fingerprint density at radius 1 is 1.12 bits per heavy atom. The normalized spacial score (nSPS) is 54.0. The zero-order chi connectivity index (χ0) is 17.4. The van der Waals surface area contributed by atoms with Gasteiger partial charge in [-0.2, -0.15) is 0 Å². The Bertz CT molecular complexity index is 628. The number of hydrogen-bond acceptors (Lipinski definition) is 3. The zero-order valence-corrected chi connectivity index (χ0v) is 16.0. The summed E-state index contributed by atoms with van der Waals surface area (Å²) < 4.78 is 5.77. The van der Waals surface area contributed by atoms with Gasteiger partial charge in [-0.3, -0.25) is 4.79 Å². The molecule has 3 saturated carbocycles. The highest BCUT2D eigenvalue weighted by Crippen LogP contribution is 2.68. The van der Waals surface area contributed by atoms with E-state index in [1.165, 1.54) is 44.9 Å². The lowest BCUT2D eigenvalue weighted by atomic mass is 9.47. The molecule has 0 radical (unpaired) electrons. The number of esters is 1. The lowest BCUT2D eigenvalue weighted by Crippen LogP contribution is -2.53. The van der Waals surface area contributed by atoms with Gasteiger partial charge in [-0.25, -0.2) is 0 Å². The Hall–Kier alpha value is -0.830. The largest absolute Gasteiger partial charge is 0.462 e. The average Bonchev–Trinajstić information content (AvgIpc) is 3.11. The molecule has 1 spiro atoms. The van der Waals surface area contributed by atoms with E-state index < -0.39 is 0 Å². The average molecular weight is 344 g/mol. The molecule has 1 aliphatic heterocycles. The minimum Gasteiger partial charge on any atom is -0.462 e. The van der Waals surface area contributed by atoms with Gasteiger partial charge in [0.25, 0.3) is 0 Å². The van der Waals surface area contributed by atoms with Crippen molar-refractivity contribution in [2.45, 2.75) is 77.4 Å². The number of hydrogen-bond donors (Lipinski definition) is 1. The van der Waals surface area contributed by atoms with Crippen LogP contribution in [0, 0.1) is 34.5 Å². The van der Waals surface area contributed by atoms with E-state index >= 15 is 0 Å². The van der Waals surface area contributed by atoms with Gasteiger partial charge in [0.1, 0.15) is 6.10 Å². The van der Waals surface area contributed by atoms with Crippen LogP contribution in [0.2, 0.25) is 0 Å². The predicted molar refractivity (Wildman–Crippen MR) is 97.9 cm³/mol. The molecule has 0 aromatic rings. The Balaban J connectivity index is 1.49. The molecular weight excluding hydrogens is 310 g/mol. The lowest BCUT2D eigenvalue weighted by molar-refractivity contribution is -0.156. The zero-order valence-electron chi connectivity index (χ0n) is 16.0. The maximum absolute atomic E-state index is 12.9. The van der Waals surface area contributed by atoms with Crippen molar-refractivity contribution in [2.75, 3.05) is 7.05 Å². The maximum Gasteiger partial charge on any atom is 0.313 e. The number of fused-ring (bicyclic) bond motifs is 4. The van der Waals surface area contributed by atoms with Crippen LogP contribution in [-0.2, 0) is 9.53 Å². The highest BCUT2D eigenvalue weighted by Gasteiger charge is 2.68. The molecule has 0 bridgehead atoms. The Morgan fingerprint density at radius 2 is 1.92 bits per heavy atom. The summed E-state index contributed by atoms with van der Waals surface area (Å²) in [5, 5.41) is 3.50. The second kappa shape index (κ2) is 5.34. The van der Waals surface area contributed by atoms with Gasteiger partial charge in [-0.05, 0) is 88.5 Å². The van der Waals surface area contributed by atoms with E-state index in [2.05, 4.69) is 32.3 Å². The number of nitrogens with one attached hydrogen (secondary N) is 1. The van der Waals surface area contributed by atoms with Gasteiger partial charge in [0, 0.05) is 12.0 Å². The van der Waals surface area contributed by atoms with Crippen molar-refractivity contribution in [1.29, 1.82) is 0 Å². The van der Waals surface area contributed by atoms with Crippen LogP contribution in [0.25, 0.3) is 0 Å². The van der Waals surface area contributed by atoms with E-state index in [1.807, 2.05) is 0 Å². The van der Waals surface area contributed by atoms with Crippen molar-refractivity contribution in [3.8, 4) is 0 Å². The lowest BCUT2D eigenvalue weighted by Gasteiger charge is -2.57. The molecule has 4 aliphatic carbocycles. The van der Waals surface area contributed by atoms with E-state index in [0.717, 1.165) is 12.3 Å². The van der Waals surface area contributed by atoms with Gasteiger partial charge in [0.2, 0.25) is 0 Å². The smallest absolute Gasteiger partial charge is 0.313 e. The third kappa shape index (κ3) is 1.94. The SMILES string of the molecule is CNC1CCC2(C)C(=CCC3C2CCC24C(=O)OC(C)C2CCC34)C1. The molecule has 0 aromatic heterocycles. The summed E-state index contributed by atoms with van der Waals surface area (Å²) in [5.41, 5.74) is 1.97. The van der Waals surface area contributed by atoms with Crippen molar-refractivity contribution < 1.29 is 9.53 Å². The van der Waals surface area contributed by atoms with Gasteiger partial charge in [-0.15, -0.1) is 0 Å². The molecule has 5 rings (SSSR count). The second-order valence-corrected chi connectivity index (χ2v) is 9.86. The Morgan fingerprint density at radius 3 is 2.72 bits per heavy atom. The topological polar surface area (TPSA) is 38.3 Å². The Labute approximate surface area is 152 Å². The summed E-state index contributed by atoms with van der Waals surface area (Å²) in [5.74, 6) is 2.71. The minimum atomic E-state index is -0.121. The molecule has 1 N–H and O–H groups in total. The summed E-state index contributed by atoms with van der Waals surface area (Å²) >= 11 is 0. The van der Waals surface area contributed by atoms with Crippen LogP contribution < -0.4 is 5.32 Å². The molecule has 4 fully saturated rings. The molecule has 5 aliphatic rings. The summed E-state index contributed by atoms with van der Waals surface area (Å²) in [6.45, 7) is 4.67. The van der Waals surface area contributed by atoms with Crippen LogP contribution in [0.3, 0.4) is 0 Å². The van der Waals surface area contributed by atoms with E-state index in [-0.39, 0.29) is 17.5 Å². The van der Waals surface area contributed by atoms with E-state index in [1.54, 1.807) is 5.57 Å². The van der Waals surface area contributed by atoms with Crippen LogP contribution in [0.5, 0.6) is 0 Å². The first-order valence-corrected chi connectivity index (χ1v) is 10.6. The fraction of sp³-hybridized carbons (Fsp3) is 0.864. The van der Waals surface area contributed by atoms with Gasteiger partial charge in [0.15, 0.2) is 0 Å². The monoisotopic (exact) mass is 343 g/mol. The van der Waals surface area contributed by atoms with Crippen molar-refractivity contribution in [1.82, 2.24) is 5.32 Å². The molecule has 0 aromatic carbocycles. The molecule has 1 saturated heterocycles. The van der Waals surface area contributed by atoms with E-state index in [9.17, 15) is 4.79 Å². The van der Waals surface area contributed by atoms with Crippen LogP contribution in [0.4, 0.5) is 0 Å². The predicted octanol–water partition coefficient (Wildman–Crippen LogP) is 4.08. The van der Waals surface area contributed by atoms with E-state index in [0.29, 0.717) is 29.2 Å². The number of carbonyl (C=O) groups excluding carboxylic acids is 1. The molecule has 1 heterocycles. The summed E-state index contributed by atoms with van der Waals surface area (Å²) in [6, 6.07) is 0.660. The number of rotatable bonds is 1. The van der Waals surface area contributed by atoms with Gasteiger partial charge >= 0.3 is 5.97 Å². The molecule has 138 valence electrons. The molecule has 8 atom stereocenters. The fourth-order valence-electron chi connectivity index (χ4n) is 8.04. The highest BCUT2D eigenvalue weighted by atomic mass is 16.6. The third-order valence-electron chi connectivity index (χ3n) is 9.33. The third-order valence-corrected chi connectivity index (χ3v) is 9.33. The highest BCUT2D eigenvalue weighted by molar-refractivity contribution is 5.81. The molecule has 25 heavy (non-hydrogen) atoms. The Kier molecular flexibility index (Phi) is 3.49. The molecular formula is C22H33NO2. The molecule has 3 nitrogen and oxygen atoms in total. The molecule has 3 heteroatoms. The summed E-state index contributed by atoms with van der Waals surface area (Å²) in [6.07, 6.45) is 12.6. The molecule has 8 unspecified atom stereocenters. The quantitative estimate of drug-likeness (QED) is 0.576. The molecule has 0 amide bonds. The first kappa shape index (κ1) is 16.4. The first-order valence-electron chi connectivity index (χ1n) is 10.6. The van der Waals surface area contributed by atoms with Gasteiger partial charge < -0.3 is 10.1 Å². The van der Waals surface area contributed by atoms with Crippen molar-refractivity contribution in [3.05, 3.63) is 11.6 Å². The summed E-state index contributed by atoms with van der Waals surface area (Å²) in [7, 11) is 2.11. The number of ether oxygens (including phenoxy) is 1. The van der Waals surface area contributed by atoms with Crippen LogP contribution in [-0.4, -0.2) is 25.2 Å². The van der Waals surface area contributed by atoms with E-state index in [4.69, 9.17) is 4.74 Å². The second-order valence-electron chi connectivity index (χ2n) is 9.86. The minimum absolute atomic E-state index is 0.121. The first-order chi connectivity index (χ1) is 12.0. The van der Waals surface area contributed by atoms with Gasteiger partial charge in [-0.1, -0.05) is 18.6 Å². The fourth-order valence-corrected chi connectivity index (χ4v) is 8.04. The number of carbonyl (C=O) groups is 1. The standard InChI is InChI=1S/C22H33NO2/c1-13-17-6-7-19-16-5-4-14-12-15(23-3)8-10-21(14,2)18(16)9-11-22(17,19)20(24)25-13/h4,13,15-19,23H,5-12H2,1-3H3. The summed E-state index contributed by atoms with van der Waals surface area (Å²) in [4.78, 5) is 12.9. The van der Waals surface area contributed by atoms with Crippen molar-refractivity contribution >= 4 is 5.97 Å². The van der Waals surface area contributed by atoms with Crippen molar-refractivity contribution in [2.24, 2.45) is 34.5 Å². The number of allylic oxidation sites excluding steroid dienone is 1. The number of cyclic esters (lactones) is 1. The van der Waals surface area contributed by atoms with Crippen LogP contribution in [0.1, 0.15) is 65.2 Å².